The highest BCUT2D eigenvalue weighted by molar-refractivity contribution is 5.60. The lowest BCUT2D eigenvalue weighted by molar-refractivity contribution is 0.0459. The maximum Gasteiger partial charge on any atom is 0.330 e. The predicted octanol–water partition coefficient (Wildman–Crippen LogP) is -0.747. The van der Waals surface area contributed by atoms with Gasteiger partial charge in [0, 0.05) is 19.6 Å². The number of rotatable bonds is 7. The van der Waals surface area contributed by atoms with Crippen LogP contribution in [0.3, 0.4) is 0 Å². The number of hydrogen-bond acceptors (Lipinski definition) is 6. The van der Waals surface area contributed by atoms with Gasteiger partial charge in [-0.3, -0.25) is 14.3 Å². The van der Waals surface area contributed by atoms with Gasteiger partial charge in [0.15, 0.2) is 0 Å². The summed E-state index contributed by atoms with van der Waals surface area (Å²) in [5.41, 5.74) is 3.87. The Morgan fingerprint density at radius 2 is 2.05 bits per heavy atom. The van der Waals surface area contributed by atoms with Crippen LogP contribution in [0.15, 0.2) is 9.59 Å². The molecule has 0 aromatic carbocycles. The van der Waals surface area contributed by atoms with Crippen molar-refractivity contribution in [2.45, 2.75) is 32.4 Å². The second-order valence-corrected chi connectivity index (χ2v) is 5.76. The van der Waals surface area contributed by atoms with E-state index in [1.54, 1.807) is 6.92 Å². The average molecular weight is 299 g/mol. The molecular formula is C13H25N5O3. The van der Waals surface area contributed by atoms with Gasteiger partial charge in [-0.2, -0.15) is 0 Å². The van der Waals surface area contributed by atoms with E-state index in [0.717, 1.165) is 0 Å². The second-order valence-electron chi connectivity index (χ2n) is 5.76. The van der Waals surface area contributed by atoms with Gasteiger partial charge in [0.05, 0.1) is 5.60 Å². The van der Waals surface area contributed by atoms with Crippen LogP contribution in [-0.2, 0) is 6.54 Å². The molecule has 0 aliphatic rings. The van der Waals surface area contributed by atoms with Crippen molar-refractivity contribution in [1.29, 1.82) is 0 Å². The van der Waals surface area contributed by atoms with Crippen LogP contribution >= 0.6 is 0 Å². The lowest BCUT2D eigenvalue weighted by atomic mass is 10.1. The van der Waals surface area contributed by atoms with Gasteiger partial charge in [-0.25, -0.2) is 4.79 Å². The van der Waals surface area contributed by atoms with Gasteiger partial charge in [-0.05, 0) is 27.4 Å². The first kappa shape index (κ1) is 17.3. The van der Waals surface area contributed by atoms with Gasteiger partial charge in [-0.15, -0.1) is 0 Å². The molecule has 5 N–H and O–H groups in total. The lowest BCUT2D eigenvalue weighted by Crippen LogP contribution is -2.44. The van der Waals surface area contributed by atoms with Crippen molar-refractivity contribution >= 4 is 11.5 Å². The number of nitrogens with two attached hydrogens (primary N) is 1. The Morgan fingerprint density at radius 1 is 1.43 bits per heavy atom. The molecule has 1 rings (SSSR count). The van der Waals surface area contributed by atoms with Crippen LogP contribution in [0.1, 0.15) is 20.3 Å². The van der Waals surface area contributed by atoms with E-state index in [-0.39, 0.29) is 18.1 Å². The number of H-pyrrole nitrogens is 1. The van der Waals surface area contributed by atoms with E-state index in [9.17, 15) is 14.7 Å². The third-order valence-electron chi connectivity index (χ3n) is 2.99. The molecule has 1 heterocycles. The molecule has 0 bridgehead atoms. The molecule has 0 saturated carbocycles. The molecule has 0 radical (unpaired) electrons. The fraction of sp³-hybridized carbons (Fsp3) is 0.692. The second kappa shape index (κ2) is 6.77. The van der Waals surface area contributed by atoms with E-state index in [1.807, 2.05) is 25.9 Å². The van der Waals surface area contributed by atoms with Gasteiger partial charge in [0.2, 0.25) is 0 Å². The van der Waals surface area contributed by atoms with E-state index in [4.69, 9.17) is 5.73 Å². The third-order valence-corrected chi connectivity index (χ3v) is 2.99. The molecule has 0 fully saturated rings. The zero-order chi connectivity index (χ0) is 16.2. The first-order chi connectivity index (χ1) is 9.68. The van der Waals surface area contributed by atoms with Crippen LogP contribution in [-0.4, -0.2) is 52.3 Å². The van der Waals surface area contributed by atoms with Crippen LogP contribution in [0.5, 0.6) is 0 Å². The largest absolute Gasteiger partial charge is 0.387 e. The van der Waals surface area contributed by atoms with Crippen molar-refractivity contribution in [1.82, 2.24) is 14.5 Å². The minimum atomic E-state index is -1.03. The Morgan fingerprint density at radius 3 is 2.57 bits per heavy atom. The summed E-state index contributed by atoms with van der Waals surface area (Å²) in [6.07, 6.45) is 0.716. The number of nitrogens with one attached hydrogen (secondary N) is 2. The summed E-state index contributed by atoms with van der Waals surface area (Å²) < 4.78 is 1.31. The van der Waals surface area contributed by atoms with Crippen LogP contribution in [0.4, 0.5) is 11.5 Å². The zero-order valence-electron chi connectivity index (χ0n) is 13.1. The van der Waals surface area contributed by atoms with E-state index in [1.165, 1.54) is 4.57 Å². The number of aliphatic hydroxyl groups is 1. The number of likely N-dealkylation sites (N-methyl/N-ethyl adjacent to an activating group) is 1. The van der Waals surface area contributed by atoms with Crippen LogP contribution in [0.25, 0.3) is 0 Å². The summed E-state index contributed by atoms with van der Waals surface area (Å²) >= 11 is 0. The number of aromatic nitrogens is 2. The number of nitrogen functional groups attached to an aromatic ring is 1. The molecule has 1 aromatic heterocycles. The summed E-state index contributed by atoms with van der Waals surface area (Å²) in [5.74, 6) is 0.0891. The molecule has 8 nitrogen and oxygen atoms in total. The van der Waals surface area contributed by atoms with Crippen molar-refractivity contribution in [3.8, 4) is 0 Å². The van der Waals surface area contributed by atoms with Gasteiger partial charge in [0.1, 0.15) is 11.5 Å². The fourth-order valence-electron chi connectivity index (χ4n) is 2.22. The highest BCUT2D eigenvalue weighted by Gasteiger charge is 2.22. The molecule has 1 atom stereocenters. The molecule has 0 amide bonds. The minimum Gasteiger partial charge on any atom is -0.387 e. The van der Waals surface area contributed by atoms with E-state index in [0.29, 0.717) is 19.5 Å². The van der Waals surface area contributed by atoms with Crippen LogP contribution < -0.4 is 22.3 Å². The number of hydrogen-bond donors (Lipinski definition) is 4. The number of anilines is 2. The Bertz CT molecular complexity index is 588. The summed E-state index contributed by atoms with van der Waals surface area (Å²) in [5, 5.41) is 13.1. The van der Waals surface area contributed by atoms with E-state index < -0.39 is 16.9 Å². The number of nitrogens with zero attached hydrogens (tertiary/aromatic N) is 2. The van der Waals surface area contributed by atoms with Crippen molar-refractivity contribution < 1.29 is 5.11 Å². The molecular weight excluding hydrogens is 274 g/mol. The maximum absolute atomic E-state index is 11.9. The van der Waals surface area contributed by atoms with Crippen LogP contribution in [0.2, 0.25) is 0 Å². The van der Waals surface area contributed by atoms with Gasteiger partial charge in [-0.1, -0.05) is 6.92 Å². The molecule has 120 valence electrons. The van der Waals surface area contributed by atoms with Crippen molar-refractivity contribution in [2.75, 3.05) is 38.2 Å². The summed E-state index contributed by atoms with van der Waals surface area (Å²) in [4.78, 5) is 27.6. The molecule has 0 aliphatic carbocycles. The zero-order valence-corrected chi connectivity index (χ0v) is 13.1. The molecule has 21 heavy (non-hydrogen) atoms. The Labute approximate surface area is 123 Å². The SMILES string of the molecule is CCCn1c(N)c(NCC(C)(O)CN(C)C)c(=O)[nH]c1=O. The lowest BCUT2D eigenvalue weighted by Gasteiger charge is -2.27. The Balaban J connectivity index is 3.01. The minimum absolute atomic E-state index is 0.0891. The van der Waals surface area contributed by atoms with E-state index >= 15 is 0 Å². The molecule has 0 saturated heterocycles. The average Bonchev–Trinajstić information content (AvgIpc) is 2.32. The Hall–Kier alpha value is -1.80. The first-order valence-corrected chi connectivity index (χ1v) is 6.91. The van der Waals surface area contributed by atoms with Crippen molar-refractivity contribution in [3.05, 3.63) is 20.8 Å². The smallest absolute Gasteiger partial charge is 0.330 e. The highest BCUT2D eigenvalue weighted by Crippen LogP contribution is 2.13. The van der Waals surface area contributed by atoms with E-state index in [2.05, 4.69) is 10.3 Å². The van der Waals surface area contributed by atoms with Crippen molar-refractivity contribution in [3.63, 3.8) is 0 Å². The molecule has 8 heteroatoms. The summed E-state index contributed by atoms with van der Waals surface area (Å²) in [6.45, 7) is 4.55. The first-order valence-electron chi connectivity index (χ1n) is 6.91. The quantitative estimate of drug-likeness (QED) is 0.526. The summed E-state index contributed by atoms with van der Waals surface area (Å²) in [6, 6.07) is 0. The monoisotopic (exact) mass is 299 g/mol. The molecule has 1 aromatic rings. The van der Waals surface area contributed by atoms with Gasteiger partial charge >= 0.3 is 5.69 Å². The topological polar surface area (TPSA) is 116 Å². The van der Waals surface area contributed by atoms with Gasteiger partial charge in [0.25, 0.3) is 5.56 Å². The van der Waals surface area contributed by atoms with Gasteiger partial charge < -0.3 is 21.1 Å². The normalized spacial score (nSPS) is 14.2. The molecule has 0 spiro atoms. The third kappa shape index (κ3) is 4.61. The molecule has 0 aliphatic heterocycles. The Kier molecular flexibility index (Phi) is 5.56. The van der Waals surface area contributed by atoms with Crippen molar-refractivity contribution in [2.24, 2.45) is 0 Å². The number of aromatic amines is 1. The summed E-state index contributed by atoms with van der Waals surface area (Å²) in [7, 11) is 3.69. The predicted molar refractivity (Wildman–Crippen MR) is 83.7 cm³/mol. The fourth-order valence-corrected chi connectivity index (χ4v) is 2.22. The standard InChI is InChI=1S/C13H25N5O3/c1-5-6-18-10(14)9(11(19)16-12(18)20)15-7-13(2,21)8-17(3)4/h15,21H,5-8,14H2,1-4H3,(H,16,19,20). The van der Waals surface area contributed by atoms with Crippen LogP contribution in [0, 0.1) is 0 Å². The maximum atomic E-state index is 11.9. The highest BCUT2D eigenvalue weighted by atomic mass is 16.3. The molecule has 1 unspecified atom stereocenters.